The second-order valence-electron chi connectivity index (χ2n) is 6.08. The van der Waals surface area contributed by atoms with Crippen LogP contribution in [0.2, 0.25) is 0 Å². The first-order valence-electron chi connectivity index (χ1n) is 10.4. The lowest BCUT2D eigenvalue weighted by atomic mass is 10.2. The molecule has 0 fully saturated rings. The van der Waals surface area contributed by atoms with E-state index in [9.17, 15) is 14.7 Å². The molecule has 0 spiro atoms. The highest BCUT2D eigenvalue weighted by Crippen LogP contribution is 2.27. The van der Waals surface area contributed by atoms with Gasteiger partial charge in [-0.25, -0.2) is 9.78 Å². The van der Waals surface area contributed by atoms with Gasteiger partial charge in [-0.1, -0.05) is 63.6 Å². The fourth-order valence-corrected chi connectivity index (χ4v) is 2.72. The number of amides is 1. The quantitative estimate of drug-likeness (QED) is 0.468. The molecule has 0 saturated heterocycles. The summed E-state index contributed by atoms with van der Waals surface area (Å²) in [7, 11) is 0. The van der Waals surface area contributed by atoms with Crippen molar-refractivity contribution in [3.05, 3.63) is 60.5 Å². The van der Waals surface area contributed by atoms with E-state index in [1.807, 2.05) is 66.7 Å². The Hall–Kier alpha value is -2.89. The highest BCUT2D eigenvalue weighted by atomic mass is 16.4. The third kappa shape index (κ3) is 8.23. The van der Waals surface area contributed by atoms with E-state index in [4.69, 9.17) is 0 Å². The summed E-state index contributed by atoms with van der Waals surface area (Å²) in [5.41, 5.74) is 2.91. The van der Waals surface area contributed by atoms with Gasteiger partial charge in [0.2, 0.25) is 11.9 Å². The monoisotopic (exact) mass is 417 g/mol. The number of anilines is 1. The number of aromatic carboxylic acids is 1. The molecule has 1 aliphatic rings. The molecule has 1 aromatic heterocycles. The van der Waals surface area contributed by atoms with E-state index >= 15 is 0 Å². The lowest BCUT2D eigenvalue weighted by Crippen LogP contribution is -2.29. The van der Waals surface area contributed by atoms with Crippen molar-refractivity contribution in [1.82, 2.24) is 9.55 Å². The average molecular weight is 418 g/mol. The van der Waals surface area contributed by atoms with E-state index in [-0.39, 0.29) is 18.1 Å². The van der Waals surface area contributed by atoms with Gasteiger partial charge in [0.1, 0.15) is 6.54 Å². The van der Waals surface area contributed by atoms with Gasteiger partial charge in [-0.2, -0.15) is 0 Å². The number of allylic oxidation sites excluding steroid dienone is 4. The summed E-state index contributed by atoms with van der Waals surface area (Å²) in [4.78, 5) is 29.3. The van der Waals surface area contributed by atoms with Crippen LogP contribution in [0.1, 0.15) is 71.1 Å². The number of carbonyl (C=O) groups excluding carboxylic acids is 1. The second-order valence-corrected chi connectivity index (χ2v) is 6.08. The molecule has 2 rings (SSSR count). The third-order valence-electron chi connectivity index (χ3n) is 4.07. The van der Waals surface area contributed by atoms with Gasteiger partial charge in [0.25, 0.3) is 0 Å². The van der Waals surface area contributed by atoms with Crippen LogP contribution in [0.25, 0.3) is 0 Å². The van der Waals surface area contributed by atoms with Crippen molar-refractivity contribution in [2.45, 2.75) is 67.9 Å². The minimum atomic E-state index is -1.03. The Kier molecular flexibility index (Phi) is 15.6. The minimum absolute atomic E-state index is 0.0602. The lowest BCUT2D eigenvalue weighted by molar-refractivity contribution is -0.118. The molecule has 1 aliphatic heterocycles. The molecule has 0 radical (unpaired) electrons. The van der Waals surface area contributed by atoms with Gasteiger partial charge in [0.05, 0.1) is 5.69 Å². The molecule has 30 heavy (non-hydrogen) atoms. The predicted octanol–water partition coefficient (Wildman–Crippen LogP) is 5.81. The molecule has 6 heteroatoms. The number of nitrogens with zero attached hydrogens (tertiary/aromatic N) is 3. The van der Waals surface area contributed by atoms with Crippen LogP contribution in [-0.2, 0) is 17.8 Å². The van der Waals surface area contributed by atoms with E-state index < -0.39 is 5.97 Å². The summed E-state index contributed by atoms with van der Waals surface area (Å²) >= 11 is 0. The zero-order valence-electron chi connectivity index (χ0n) is 19.8. The van der Waals surface area contributed by atoms with E-state index in [2.05, 4.69) is 24.7 Å². The Labute approximate surface area is 182 Å². The molecule has 0 aliphatic carbocycles. The van der Waals surface area contributed by atoms with E-state index in [0.29, 0.717) is 24.6 Å². The maximum Gasteiger partial charge on any atom is 0.354 e. The van der Waals surface area contributed by atoms with Crippen molar-refractivity contribution in [3.63, 3.8) is 0 Å². The summed E-state index contributed by atoms with van der Waals surface area (Å²) in [6.07, 6.45) is 7.32. The smallest absolute Gasteiger partial charge is 0.354 e. The van der Waals surface area contributed by atoms with Gasteiger partial charge in [-0.15, -0.1) is 13.2 Å². The molecule has 0 atom stereocenters. The van der Waals surface area contributed by atoms with Crippen LogP contribution >= 0.6 is 0 Å². The number of rotatable bonds is 6. The fourth-order valence-electron chi connectivity index (χ4n) is 2.72. The van der Waals surface area contributed by atoms with E-state index in [1.165, 1.54) is 4.57 Å². The van der Waals surface area contributed by atoms with Crippen LogP contribution in [0, 0.1) is 0 Å². The SMILES string of the molecule is C/C=C(/CC)CN1C(=O)Cn2c1nc(CC)c2C(=O)O.C=C.C=C(C)/C=C/C.CC. The van der Waals surface area contributed by atoms with Gasteiger partial charge in [0, 0.05) is 6.54 Å². The number of hydrogen-bond donors (Lipinski definition) is 1. The first-order chi connectivity index (χ1) is 14.3. The van der Waals surface area contributed by atoms with Crippen LogP contribution in [0.5, 0.6) is 0 Å². The van der Waals surface area contributed by atoms with E-state index in [1.54, 1.807) is 4.90 Å². The molecule has 0 unspecified atom stereocenters. The summed E-state index contributed by atoms with van der Waals surface area (Å²) in [5.74, 6) is -0.681. The highest BCUT2D eigenvalue weighted by Gasteiger charge is 2.34. The molecule has 0 saturated carbocycles. The van der Waals surface area contributed by atoms with Crippen molar-refractivity contribution in [2.75, 3.05) is 11.4 Å². The number of imidazole rings is 1. The molecule has 6 nitrogen and oxygen atoms in total. The highest BCUT2D eigenvalue weighted by molar-refractivity contribution is 5.98. The molecular weight excluding hydrogens is 378 g/mol. The average Bonchev–Trinajstić information content (AvgIpc) is 3.24. The van der Waals surface area contributed by atoms with E-state index in [0.717, 1.165) is 17.6 Å². The number of carbonyl (C=O) groups is 2. The van der Waals surface area contributed by atoms with Crippen molar-refractivity contribution < 1.29 is 14.7 Å². The molecule has 1 N–H and O–H groups in total. The first kappa shape index (κ1) is 29.3. The molecule has 2 heterocycles. The van der Waals surface area contributed by atoms with Gasteiger partial charge in [-0.3, -0.25) is 14.3 Å². The fraction of sp³-hybridized carbons (Fsp3) is 0.458. The number of carboxylic acids is 1. The largest absolute Gasteiger partial charge is 0.477 e. The maximum atomic E-state index is 12.1. The minimum Gasteiger partial charge on any atom is -0.477 e. The van der Waals surface area contributed by atoms with Crippen molar-refractivity contribution in [1.29, 1.82) is 0 Å². The van der Waals surface area contributed by atoms with Crippen molar-refractivity contribution in [3.8, 4) is 0 Å². The second kappa shape index (κ2) is 16.0. The maximum absolute atomic E-state index is 12.1. The Morgan fingerprint density at radius 3 is 2.13 bits per heavy atom. The zero-order valence-corrected chi connectivity index (χ0v) is 19.8. The zero-order chi connectivity index (χ0) is 23.9. The van der Waals surface area contributed by atoms with Gasteiger partial charge in [0.15, 0.2) is 5.69 Å². The van der Waals surface area contributed by atoms with Gasteiger partial charge >= 0.3 is 5.97 Å². The topological polar surface area (TPSA) is 75.4 Å². The number of hydrogen-bond acceptors (Lipinski definition) is 3. The molecule has 1 amide bonds. The normalized spacial score (nSPS) is 12.2. The number of aryl methyl sites for hydroxylation is 1. The lowest BCUT2D eigenvalue weighted by Gasteiger charge is -2.15. The molecule has 0 aromatic carbocycles. The Morgan fingerprint density at radius 1 is 1.23 bits per heavy atom. The molecule has 168 valence electrons. The van der Waals surface area contributed by atoms with Crippen LogP contribution in [0.3, 0.4) is 0 Å². The molecular formula is C24H39N3O3. The third-order valence-corrected chi connectivity index (χ3v) is 4.07. The van der Waals surface area contributed by atoms with Gasteiger partial charge in [-0.05, 0) is 33.6 Å². The Balaban J connectivity index is 0. The summed E-state index contributed by atoms with van der Waals surface area (Å²) in [6.45, 7) is 24.0. The Morgan fingerprint density at radius 2 is 1.80 bits per heavy atom. The number of aromatic nitrogens is 2. The van der Waals surface area contributed by atoms with Crippen molar-refractivity contribution in [2.24, 2.45) is 0 Å². The van der Waals surface area contributed by atoms with Gasteiger partial charge < -0.3 is 5.11 Å². The summed E-state index contributed by atoms with van der Waals surface area (Å²) in [6, 6.07) is 0. The Bertz CT molecular complexity index is 758. The standard InChI is InChI=1S/C14H19N3O3.C6H10.C2H6.C2H4/c1-4-9(5-2)7-16-11(18)8-17-12(13(19)20)10(6-3)15-14(16)17;1-4-5-6(2)3;2*1-2/h4H,5-8H2,1-3H3,(H,19,20);4-5H,2H2,1,3H3;1-2H3;1-2H2/b9-4-;5-4+;;. The first-order valence-corrected chi connectivity index (χ1v) is 10.4. The summed E-state index contributed by atoms with van der Waals surface area (Å²) < 4.78 is 1.51. The summed E-state index contributed by atoms with van der Waals surface area (Å²) in [5, 5.41) is 9.29. The molecule has 0 bridgehead atoms. The number of fused-ring (bicyclic) bond motifs is 1. The number of carboxylic acid groups (broad SMARTS) is 1. The van der Waals surface area contributed by atoms with Crippen molar-refractivity contribution >= 4 is 17.8 Å². The van der Waals surface area contributed by atoms with Crippen LogP contribution in [0.15, 0.2) is 49.1 Å². The molecule has 1 aromatic rings. The van der Waals surface area contributed by atoms with Crippen LogP contribution < -0.4 is 4.90 Å². The predicted molar refractivity (Wildman–Crippen MR) is 127 cm³/mol. The van der Waals surface area contributed by atoms with Crippen LogP contribution in [0.4, 0.5) is 5.95 Å². The van der Waals surface area contributed by atoms with Crippen LogP contribution in [-0.4, -0.2) is 33.1 Å².